The molecule has 0 radical (unpaired) electrons. The molecule has 43 heavy (non-hydrogen) atoms. The Morgan fingerprint density at radius 2 is 0.721 bits per heavy atom. The molecule has 0 atom stereocenters. The Labute approximate surface area is 271 Å². The van der Waals surface area contributed by atoms with E-state index < -0.39 is 7.12 Å². The number of hydrogen-bond acceptors (Lipinski definition) is 2. The maximum absolute atomic E-state index is 10.8. The van der Waals surface area contributed by atoms with Crippen LogP contribution in [0.15, 0.2) is 24.3 Å². The second-order valence-electron chi connectivity index (χ2n) is 12.6. The van der Waals surface area contributed by atoms with Crippen LogP contribution in [0.5, 0.6) is 0 Å². The molecule has 0 heterocycles. The highest BCUT2D eigenvalue weighted by atomic mass is 16.4. The molecule has 1 rings (SSSR count). The van der Waals surface area contributed by atoms with Gasteiger partial charge in [0.2, 0.25) is 0 Å². The van der Waals surface area contributed by atoms with E-state index in [9.17, 15) is 10.0 Å². The first-order valence-corrected chi connectivity index (χ1v) is 19.1. The van der Waals surface area contributed by atoms with Crippen molar-refractivity contribution in [3.05, 3.63) is 29.8 Å². The highest BCUT2D eigenvalue weighted by molar-refractivity contribution is 6.55. The second-order valence-corrected chi connectivity index (χ2v) is 12.6. The number of rotatable bonds is 28. The van der Waals surface area contributed by atoms with E-state index in [0.717, 1.165) is 6.42 Å². The monoisotopic (exact) mass is 605 g/mol. The van der Waals surface area contributed by atoms with Crippen molar-refractivity contribution in [1.29, 1.82) is 0 Å². The molecule has 1 aromatic carbocycles. The lowest BCUT2D eigenvalue weighted by molar-refractivity contribution is -0.655. The maximum Gasteiger partial charge on any atom is 0.0755 e. The molecule has 0 fully saturated rings. The van der Waals surface area contributed by atoms with Gasteiger partial charge in [0.15, 0.2) is 0 Å². The van der Waals surface area contributed by atoms with Gasteiger partial charge in [-0.15, -0.1) is 5.46 Å². The average Bonchev–Trinajstić information content (AvgIpc) is 3.02. The van der Waals surface area contributed by atoms with E-state index in [-0.39, 0.29) is 0 Å². The van der Waals surface area contributed by atoms with Crippen molar-refractivity contribution in [2.45, 2.75) is 182 Å². The van der Waals surface area contributed by atoms with Gasteiger partial charge in [-0.2, -0.15) is 0 Å². The van der Waals surface area contributed by atoms with Gasteiger partial charge in [0.25, 0.3) is 0 Å². The molecule has 0 saturated heterocycles. The first-order valence-electron chi connectivity index (χ1n) is 19.1. The Morgan fingerprint density at radius 1 is 0.419 bits per heavy atom. The third kappa shape index (κ3) is 37.2. The fourth-order valence-electron chi connectivity index (χ4n) is 5.05. The average molecular weight is 605 g/mol. The van der Waals surface area contributed by atoms with Crippen molar-refractivity contribution in [1.82, 2.24) is 0 Å². The molecule has 0 amide bonds. The highest BCUT2D eigenvalue weighted by Crippen LogP contribution is 2.13. The van der Waals surface area contributed by atoms with Gasteiger partial charge in [0.05, 0.1) is 26.2 Å². The van der Waals surface area contributed by atoms with Gasteiger partial charge in [0.1, 0.15) is 0 Å². The molecule has 0 spiro atoms. The van der Waals surface area contributed by atoms with Gasteiger partial charge >= 0.3 is 0 Å². The molecule has 1 aromatic rings. The van der Waals surface area contributed by atoms with E-state index in [2.05, 4.69) is 45.3 Å². The zero-order chi connectivity index (χ0) is 32.1. The van der Waals surface area contributed by atoms with E-state index in [0.29, 0.717) is 5.46 Å². The van der Waals surface area contributed by atoms with E-state index in [1.54, 1.807) is 12.1 Å². The molecule has 0 aliphatic carbocycles. The molecule has 0 unspecified atom stereocenters. The van der Waals surface area contributed by atoms with Crippen LogP contribution in [0.25, 0.3) is 0 Å². The summed E-state index contributed by atoms with van der Waals surface area (Å²) in [5, 5.41) is 26.4. The molecular weight excluding hydrogens is 527 g/mol. The molecule has 0 aliphatic rings. The van der Waals surface area contributed by atoms with Crippen molar-refractivity contribution < 1.29 is 20.7 Å². The van der Waals surface area contributed by atoms with Gasteiger partial charge in [0, 0.05) is 0 Å². The van der Waals surface area contributed by atoms with Gasteiger partial charge in [-0.05, 0) is 44.1 Å². The third-order valence-electron chi connectivity index (χ3n) is 8.12. The van der Waals surface area contributed by atoms with Crippen LogP contribution in [-0.4, -0.2) is 33.3 Å². The van der Waals surface area contributed by atoms with Crippen LogP contribution < -0.4 is 26.1 Å². The molecular formula is C38H77BN2O2. The number of hydrogen-bond donors (Lipinski definition) is 2. The Bertz CT molecular complexity index is 586. The number of aryl methyl sites for hydroxylation is 1. The molecule has 0 bridgehead atoms. The summed E-state index contributed by atoms with van der Waals surface area (Å²) in [6, 6.07) is 7.23. The summed E-state index contributed by atoms with van der Waals surface area (Å²) in [7, 11) is -1.85. The Kier molecular flexibility index (Phi) is 40.3. The van der Waals surface area contributed by atoms with Crippen LogP contribution in [0.1, 0.15) is 181 Å². The Hall–Kier alpha value is -0.875. The summed E-state index contributed by atoms with van der Waals surface area (Å²) in [5.41, 5.74) is 1.59. The van der Waals surface area contributed by atoms with E-state index in [4.69, 9.17) is 0 Å². The Balaban J connectivity index is 0. The van der Waals surface area contributed by atoms with Crippen molar-refractivity contribution in [3.8, 4) is 0 Å². The summed E-state index contributed by atoms with van der Waals surface area (Å²) in [4.78, 5) is 0. The zero-order valence-corrected chi connectivity index (χ0v) is 29.9. The minimum Gasteiger partial charge on any atom is -0.889 e. The van der Waals surface area contributed by atoms with Gasteiger partial charge in [-0.25, -0.2) is 0 Å². The smallest absolute Gasteiger partial charge is 0.0755 e. The standard InChI is InChI=1S/C22H37BO2.2C8H19N/c1-2-3-4-5-6-7-8-9-10-11-12-13-14-15-16-21-17-19-22(20-18-21)23(24)25;2*1-3-5-7-9-8-6-4-2/h17-20H,2-16H2,1H3;2*9H,3-8H2,1-2H3/q-2;;/p+2. The number of unbranched alkanes of at least 4 members (excludes halogenated alkanes) is 17. The predicted octanol–water partition coefficient (Wildman–Crippen LogP) is 6.43. The molecule has 0 aromatic heterocycles. The largest absolute Gasteiger partial charge is 0.889 e. The van der Waals surface area contributed by atoms with Crippen LogP contribution in [0, 0.1) is 0 Å². The van der Waals surface area contributed by atoms with Crippen LogP contribution in [-0.2, 0) is 6.42 Å². The third-order valence-corrected chi connectivity index (χ3v) is 8.12. The quantitative estimate of drug-likeness (QED) is 0.0855. The summed E-state index contributed by atoms with van der Waals surface area (Å²) in [6.45, 7) is 16.6. The lowest BCUT2D eigenvalue weighted by atomic mass is 9.80. The SMILES string of the molecule is CCCCCCCCCCCCCCCCc1ccc(B([O-])[O-])cc1.CCCC[NH2+]CCCC.CCCC[NH2+]CCCC. The lowest BCUT2D eigenvalue weighted by Crippen LogP contribution is -2.84. The van der Waals surface area contributed by atoms with Crippen LogP contribution >= 0.6 is 0 Å². The van der Waals surface area contributed by atoms with Crippen molar-refractivity contribution in [2.24, 2.45) is 0 Å². The second kappa shape index (κ2) is 39.1. The summed E-state index contributed by atoms with van der Waals surface area (Å²) in [5.74, 6) is 0. The highest BCUT2D eigenvalue weighted by Gasteiger charge is 1.96. The van der Waals surface area contributed by atoms with Gasteiger partial charge in [-0.1, -0.05) is 175 Å². The van der Waals surface area contributed by atoms with Crippen LogP contribution in [0.4, 0.5) is 0 Å². The minimum absolute atomic E-state index is 0.352. The van der Waals surface area contributed by atoms with E-state index >= 15 is 0 Å². The number of benzene rings is 1. The van der Waals surface area contributed by atoms with Crippen LogP contribution in [0.3, 0.4) is 0 Å². The molecule has 4 N–H and O–H groups in total. The summed E-state index contributed by atoms with van der Waals surface area (Å²) < 4.78 is 0. The normalized spacial score (nSPS) is 10.6. The number of quaternary nitrogens is 2. The molecule has 254 valence electrons. The Morgan fingerprint density at radius 3 is 1.02 bits per heavy atom. The van der Waals surface area contributed by atoms with Crippen molar-refractivity contribution >= 4 is 12.6 Å². The minimum atomic E-state index is -1.85. The topological polar surface area (TPSA) is 79.3 Å². The fraction of sp³-hybridized carbons (Fsp3) is 0.842. The lowest BCUT2D eigenvalue weighted by Gasteiger charge is -2.26. The first-order chi connectivity index (χ1) is 21.1. The van der Waals surface area contributed by atoms with E-state index in [1.807, 2.05) is 12.1 Å². The number of nitrogens with two attached hydrogens (primary N) is 2. The predicted molar refractivity (Wildman–Crippen MR) is 189 cm³/mol. The van der Waals surface area contributed by atoms with Crippen LogP contribution in [0.2, 0.25) is 0 Å². The maximum atomic E-state index is 10.8. The summed E-state index contributed by atoms with van der Waals surface area (Å²) in [6.07, 6.45) is 31.2. The fourth-order valence-corrected chi connectivity index (χ4v) is 5.05. The summed E-state index contributed by atoms with van der Waals surface area (Å²) >= 11 is 0. The molecule has 0 aliphatic heterocycles. The molecule has 4 nitrogen and oxygen atoms in total. The first kappa shape index (κ1) is 44.3. The van der Waals surface area contributed by atoms with Crippen molar-refractivity contribution in [3.63, 3.8) is 0 Å². The molecule has 5 heteroatoms. The molecule has 0 saturated carbocycles. The van der Waals surface area contributed by atoms with Gasteiger partial charge < -0.3 is 20.7 Å². The zero-order valence-electron chi connectivity index (χ0n) is 29.9. The van der Waals surface area contributed by atoms with Crippen molar-refractivity contribution in [2.75, 3.05) is 26.2 Å². The van der Waals surface area contributed by atoms with E-state index in [1.165, 1.54) is 173 Å². The van der Waals surface area contributed by atoms with Gasteiger partial charge in [-0.3, -0.25) is 0 Å².